The molecule has 0 aliphatic carbocycles. The SMILES string of the molecule is O=C(OC[C@@H]1SC[C@H](OC(=O)c2ccccc2)[C@H]1OC(=O)c1ccccc1)c1ccccc1. The number of esters is 3. The number of carbonyl (C=O) groups excluding carboxylic acids is 3. The first-order valence-electron chi connectivity index (χ1n) is 10.5. The van der Waals surface area contributed by atoms with Crippen LogP contribution in [-0.2, 0) is 14.2 Å². The number of hydrogen-bond acceptors (Lipinski definition) is 7. The Morgan fingerprint density at radius 2 is 1.12 bits per heavy atom. The number of carbonyl (C=O) groups is 3. The van der Waals surface area contributed by atoms with Gasteiger partial charge in [0.2, 0.25) is 0 Å². The van der Waals surface area contributed by atoms with E-state index in [-0.39, 0.29) is 11.9 Å². The van der Waals surface area contributed by atoms with E-state index in [0.29, 0.717) is 22.4 Å². The highest BCUT2D eigenvalue weighted by Gasteiger charge is 2.43. The van der Waals surface area contributed by atoms with Crippen molar-refractivity contribution in [2.24, 2.45) is 0 Å². The van der Waals surface area contributed by atoms with Gasteiger partial charge in [0, 0.05) is 5.75 Å². The minimum absolute atomic E-state index is 0.0184. The van der Waals surface area contributed by atoms with E-state index in [1.54, 1.807) is 78.9 Å². The maximum atomic E-state index is 12.7. The van der Waals surface area contributed by atoms with Gasteiger partial charge in [0.15, 0.2) is 6.10 Å². The molecule has 0 unspecified atom stereocenters. The normalized spacial score (nSPS) is 19.5. The van der Waals surface area contributed by atoms with Crippen molar-refractivity contribution >= 4 is 29.7 Å². The van der Waals surface area contributed by atoms with Gasteiger partial charge in [-0.25, -0.2) is 14.4 Å². The fourth-order valence-corrected chi connectivity index (χ4v) is 4.68. The molecule has 1 heterocycles. The Morgan fingerprint density at radius 3 is 1.64 bits per heavy atom. The van der Waals surface area contributed by atoms with Crippen LogP contribution < -0.4 is 0 Å². The van der Waals surface area contributed by atoms with Gasteiger partial charge in [-0.2, -0.15) is 0 Å². The minimum Gasteiger partial charge on any atom is -0.461 e. The summed E-state index contributed by atoms with van der Waals surface area (Å²) in [6, 6.07) is 25.9. The second kappa shape index (κ2) is 10.8. The Balaban J connectivity index is 1.46. The molecule has 168 valence electrons. The van der Waals surface area contributed by atoms with Crippen molar-refractivity contribution in [2.45, 2.75) is 17.5 Å². The molecule has 0 spiro atoms. The Labute approximate surface area is 195 Å². The molecule has 4 rings (SSSR count). The second-order valence-electron chi connectivity index (χ2n) is 7.38. The first-order chi connectivity index (χ1) is 16.1. The number of hydrogen-bond donors (Lipinski definition) is 0. The van der Waals surface area contributed by atoms with Gasteiger partial charge < -0.3 is 14.2 Å². The van der Waals surface area contributed by atoms with E-state index >= 15 is 0 Å². The van der Waals surface area contributed by atoms with Crippen LogP contribution in [0.25, 0.3) is 0 Å². The summed E-state index contributed by atoms with van der Waals surface area (Å²) in [4.78, 5) is 37.7. The maximum Gasteiger partial charge on any atom is 0.338 e. The van der Waals surface area contributed by atoms with Crippen molar-refractivity contribution in [3.8, 4) is 0 Å². The Morgan fingerprint density at radius 1 is 0.667 bits per heavy atom. The van der Waals surface area contributed by atoms with Crippen LogP contribution in [0.1, 0.15) is 31.1 Å². The molecule has 33 heavy (non-hydrogen) atoms. The van der Waals surface area contributed by atoms with E-state index in [1.165, 1.54) is 11.8 Å². The topological polar surface area (TPSA) is 78.9 Å². The molecule has 0 radical (unpaired) electrons. The third-order valence-electron chi connectivity index (χ3n) is 5.12. The average molecular weight is 463 g/mol. The summed E-state index contributed by atoms with van der Waals surface area (Å²) in [5.41, 5.74) is 1.24. The molecule has 0 N–H and O–H groups in total. The highest BCUT2D eigenvalue weighted by molar-refractivity contribution is 8.00. The molecule has 3 aromatic carbocycles. The van der Waals surface area contributed by atoms with Gasteiger partial charge in [-0.05, 0) is 36.4 Å². The smallest absolute Gasteiger partial charge is 0.338 e. The summed E-state index contributed by atoms with van der Waals surface area (Å²) in [6.45, 7) is 0.0184. The molecular weight excluding hydrogens is 440 g/mol. The van der Waals surface area contributed by atoms with Crippen LogP contribution >= 0.6 is 11.8 Å². The molecular formula is C26H22O6S. The molecule has 7 heteroatoms. The zero-order valence-electron chi connectivity index (χ0n) is 17.7. The van der Waals surface area contributed by atoms with E-state index in [9.17, 15) is 14.4 Å². The predicted molar refractivity (Wildman–Crippen MR) is 124 cm³/mol. The molecule has 0 saturated carbocycles. The van der Waals surface area contributed by atoms with Crippen molar-refractivity contribution in [1.82, 2.24) is 0 Å². The van der Waals surface area contributed by atoms with Crippen LogP contribution in [0.5, 0.6) is 0 Å². The van der Waals surface area contributed by atoms with Gasteiger partial charge in [-0.15, -0.1) is 11.8 Å². The Hall–Kier alpha value is -3.58. The molecule has 1 fully saturated rings. The third-order valence-corrected chi connectivity index (χ3v) is 6.47. The van der Waals surface area contributed by atoms with Crippen molar-refractivity contribution in [3.63, 3.8) is 0 Å². The van der Waals surface area contributed by atoms with E-state index in [1.807, 2.05) is 12.1 Å². The summed E-state index contributed by atoms with van der Waals surface area (Å²) < 4.78 is 16.9. The summed E-state index contributed by atoms with van der Waals surface area (Å²) in [6.07, 6.45) is -1.44. The first kappa shape index (κ1) is 22.6. The van der Waals surface area contributed by atoms with Crippen LogP contribution in [0, 0.1) is 0 Å². The van der Waals surface area contributed by atoms with Crippen LogP contribution in [-0.4, -0.2) is 47.7 Å². The van der Waals surface area contributed by atoms with Crippen LogP contribution in [0.3, 0.4) is 0 Å². The minimum atomic E-state index is -0.765. The first-order valence-corrected chi connectivity index (χ1v) is 11.5. The maximum absolute atomic E-state index is 12.7. The quantitative estimate of drug-likeness (QED) is 0.380. The van der Waals surface area contributed by atoms with Gasteiger partial charge in [0.1, 0.15) is 12.7 Å². The molecule has 0 aromatic heterocycles. The molecule has 1 saturated heterocycles. The zero-order chi connectivity index (χ0) is 23.0. The highest BCUT2D eigenvalue weighted by Crippen LogP contribution is 2.33. The van der Waals surface area contributed by atoms with E-state index < -0.39 is 30.1 Å². The van der Waals surface area contributed by atoms with Crippen molar-refractivity contribution < 1.29 is 28.6 Å². The van der Waals surface area contributed by atoms with Crippen molar-refractivity contribution in [3.05, 3.63) is 108 Å². The van der Waals surface area contributed by atoms with Gasteiger partial charge >= 0.3 is 17.9 Å². The lowest BCUT2D eigenvalue weighted by Gasteiger charge is -2.24. The average Bonchev–Trinajstić information content (AvgIpc) is 3.24. The molecule has 0 amide bonds. The molecule has 1 aliphatic rings. The lowest BCUT2D eigenvalue weighted by Crippen LogP contribution is -2.39. The van der Waals surface area contributed by atoms with E-state index in [4.69, 9.17) is 14.2 Å². The van der Waals surface area contributed by atoms with Crippen LogP contribution in [0.2, 0.25) is 0 Å². The number of benzene rings is 3. The van der Waals surface area contributed by atoms with Crippen LogP contribution in [0.15, 0.2) is 91.0 Å². The van der Waals surface area contributed by atoms with E-state index in [0.717, 1.165) is 0 Å². The predicted octanol–water partition coefficient (Wildman–Crippen LogP) is 4.41. The summed E-state index contributed by atoms with van der Waals surface area (Å²) in [7, 11) is 0. The molecule has 3 aromatic rings. The summed E-state index contributed by atoms with van der Waals surface area (Å²) in [5.74, 6) is -1.07. The van der Waals surface area contributed by atoms with Crippen molar-refractivity contribution in [2.75, 3.05) is 12.4 Å². The van der Waals surface area contributed by atoms with Gasteiger partial charge in [-0.1, -0.05) is 54.6 Å². The van der Waals surface area contributed by atoms with Gasteiger partial charge in [0.05, 0.1) is 21.9 Å². The standard InChI is InChI=1S/C26H22O6S/c27-24(18-10-4-1-5-11-18)30-16-22-23(32-26(29)20-14-8-3-9-15-20)21(17-33-22)31-25(28)19-12-6-2-7-13-19/h1-15,21-23H,16-17H2/t21-,22-,23+/m0/s1. The summed E-state index contributed by atoms with van der Waals surface area (Å²) >= 11 is 1.44. The largest absolute Gasteiger partial charge is 0.461 e. The molecule has 0 bridgehead atoms. The van der Waals surface area contributed by atoms with Gasteiger partial charge in [0.25, 0.3) is 0 Å². The monoisotopic (exact) mass is 462 g/mol. The van der Waals surface area contributed by atoms with Gasteiger partial charge in [-0.3, -0.25) is 0 Å². The van der Waals surface area contributed by atoms with Crippen molar-refractivity contribution in [1.29, 1.82) is 0 Å². The van der Waals surface area contributed by atoms with E-state index in [2.05, 4.69) is 0 Å². The zero-order valence-corrected chi connectivity index (χ0v) is 18.5. The third kappa shape index (κ3) is 5.81. The number of rotatable bonds is 7. The molecule has 1 aliphatic heterocycles. The lowest BCUT2D eigenvalue weighted by atomic mass is 10.1. The highest BCUT2D eigenvalue weighted by atomic mass is 32.2. The molecule has 6 nitrogen and oxygen atoms in total. The number of ether oxygens (including phenoxy) is 3. The summed E-state index contributed by atoms with van der Waals surface area (Å²) in [5, 5.41) is -0.376. The fraction of sp³-hybridized carbons (Fsp3) is 0.192. The second-order valence-corrected chi connectivity index (χ2v) is 8.65. The fourth-order valence-electron chi connectivity index (χ4n) is 3.40. The Kier molecular flexibility index (Phi) is 7.42. The number of thioether (sulfide) groups is 1. The Bertz CT molecular complexity index is 1090. The lowest BCUT2D eigenvalue weighted by molar-refractivity contribution is -0.0295. The molecule has 3 atom stereocenters. The van der Waals surface area contributed by atoms with Crippen LogP contribution in [0.4, 0.5) is 0 Å².